The van der Waals surface area contributed by atoms with E-state index in [1.54, 1.807) is 0 Å². The molecule has 3 unspecified atom stereocenters. The first-order chi connectivity index (χ1) is 46.3. The third-order valence-electron chi connectivity index (χ3n) is 16.7. The molecule has 31 heteroatoms. The lowest BCUT2D eigenvalue weighted by molar-refractivity contribution is -0.197. The van der Waals surface area contributed by atoms with Crippen molar-refractivity contribution in [1.82, 2.24) is 72.5 Å². The summed E-state index contributed by atoms with van der Waals surface area (Å²) in [5.41, 5.74) is -1.53. The molecule has 0 saturated carbocycles. The van der Waals surface area contributed by atoms with Gasteiger partial charge in [-0.2, -0.15) is 0 Å². The molecule has 12 bridgehead atoms. The lowest BCUT2D eigenvalue weighted by Crippen LogP contribution is -2.49. The van der Waals surface area contributed by atoms with Crippen LogP contribution in [0.4, 0.5) is 0 Å². The Morgan fingerprint density at radius 3 is 1.03 bits per heavy atom. The highest BCUT2D eigenvalue weighted by molar-refractivity contribution is 6.07. The molecular weight excluding hydrogens is 1250 g/mol. The number of hydrogen-bond donors (Lipinski definition) is 13. The number of fused-ring (bicyclic) bond motifs is 16. The van der Waals surface area contributed by atoms with Gasteiger partial charge in [-0.1, -0.05) is 24.3 Å². The average Bonchev–Trinajstić information content (AvgIpc) is 0.899. The highest BCUT2D eigenvalue weighted by atomic mass is 16.7. The Labute approximate surface area is 552 Å². The van der Waals surface area contributed by atoms with E-state index in [4.69, 9.17) is 4.84 Å². The maximum absolute atomic E-state index is 14.5. The van der Waals surface area contributed by atoms with E-state index in [0.29, 0.717) is 17.9 Å². The van der Waals surface area contributed by atoms with Crippen molar-refractivity contribution in [2.75, 3.05) is 131 Å². The molecule has 0 spiro atoms. The Hall–Kier alpha value is -10.2. The topological polar surface area (TPSA) is 419 Å². The van der Waals surface area contributed by atoms with Crippen LogP contribution in [0.25, 0.3) is 0 Å². The number of nitrogens with one attached hydrogen (secondary N) is 9. The number of rotatable bonds is 10. The molecule has 3 atom stereocenters. The second kappa shape index (κ2) is 35.3. The van der Waals surface area contributed by atoms with E-state index in [9.17, 15) is 78.0 Å². The van der Waals surface area contributed by atoms with Crippen molar-refractivity contribution >= 4 is 70.9 Å². The number of unbranched alkanes of at least 4 members (excludes halogenated alkanes) is 1. The Bertz CT molecular complexity index is 3450. The van der Waals surface area contributed by atoms with E-state index in [0.717, 1.165) is 0 Å². The van der Waals surface area contributed by atoms with Crippen molar-refractivity contribution in [3.8, 4) is 23.0 Å². The van der Waals surface area contributed by atoms with Gasteiger partial charge < -0.3 is 73.1 Å². The monoisotopic (exact) mass is 1330 g/mol. The Kier molecular flexibility index (Phi) is 26.3. The number of carbonyl (C=O) groups excluding carboxylic acids is 12. The van der Waals surface area contributed by atoms with Crippen molar-refractivity contribution in [2.45, 2.75) is 57.4 Å². The molecule has 1 fully saturated rings. The summed E-state index contributed by atoms with van der Waals surface area (Å²) < 4.78 is 0. The summed E-state index contributed by atoms with van der Waals surface area (Å²) in [5, 5.41) is 72.0. The van der Waals surface area contributed by atoms with Gasteiger partial charge in [0.15, 0.2) is 0 Å². The van der Waals surface area contributed by atoms with Crippen LogP contribution in [0.3, 0.4) is 0 Å². The van der Waals surface area contributed by atoms with Gasteiger partial charge in [0.05, 0.1) is 44.5 Å². The summed E-state index contributed by atoms with van der Waals surface area (Å²) in [4.78, 5) is 173. The number of nitrogens with zero attached hydrogens (tertiary/aromatic N) is 5. The van der Waals surface area contributed by atoms with Crippen molar-refractivity contribution in [2.24, 2.45) is 0 Å². The van der Waals surface area contributed by atoms with Gasteiger partial charge in [0.25, 0.3) is 59.1 Å². The molecule has 13 N–H and O–H groups in total. The van der Waals surface area contributed by atoms with E-state index in [2.05, 4.69) is 47.9 Å². The molecule has 5 aliphatic heterocycles. The second-order valence-electron chi connectivity index (χ2n) is 23.3. The van der Waals surface area contributed by atoms with Gasteiger partial charge in [-0.3, -0.25) is 72.3 Å². The van der Waals surface area contributed by atoms with Gasteiger partial charge in [0.1, 0.15) is 23.0 Å². The summed E-state index contributed by atoms with van der Waals surface area (Å²) in [5.74, 6) is -10.4. The number of carbonyl (C=O) groups is 12. The summed E-state index contributed by atoms with van der Waals surface area (Å²) in [6.07, 6.45) is 0.607. The number of benzene rings is 4. The smallest absolute Gasteiger partial charge is 0.333 e. The minimum Gasteiger partial charge on any atom is -0.506 e. The largest absolute Gasteiger partial charge is 0.506 e. The molecule has 96 heavy (non-hydrogen) atoms. The number of phenols is 4. The van der Waals surface area contributed by atoms with Gasteiger partial charge in [0, 0.05) is 163 Å². The minimum absolute atomic E-state index is 0.00725. The van der Waals surface area contributed by atoms with Gasteiger partial charge in [0.2, 0.25) is 5.91 Å². The lowest BCUT2D eigenvalue weighted by Gasteiger charge is -2.31. The number of hydroxylamine groups is 2. The lowest BCUT2D eigenvalue weighted by atomic mass is 10.0. The zero-order valence-electron chi connectivity index (χ0n) is 53.1. The molecule has 0 aliphatic carbocycles. The first-order valence-corrected chi connectivity index (χ1v) is 32.0. The highest BCUT2D eigenvalue weighted by Gasteiger charge is 2.33. The van der Waals surface area contributed by atoms with E-state index in [-0.39, 0.29) is 214 Å². The zero-order chi connectivity index (χ0) is 68.7. The summed E-state index contributed by atoms with van der Waals surface area (Å²) in [6, 6.07) is 15.9. The van der Waals surface area contributed by atoms with E-state index in [1.807, 2.05) is 19.6 Å². The van der Waals surface area contributed by atoms with Gasteiger partial charge in [-0.15, -0.1) is 5.06 Å². The average molecular weight is 1330 g/mol. The Balaban J connectivity index is 1.13. The van der Waals surface area contributed by atoms with Crippen molar-refractivity contribution in [3.63, 3.8) is 0 Å². The van der Waals surface area contributed by atoms with Gasteiger partial charge in [-0.05, 0) is 74.2 Å². The fraction of sp³-hybridized carbons (Fsp3) is 0.446. The number of aromatic hydroxyl groups is 4. The molecule has 0 radical (unpaired) electrons. The van der Waals surface area contributed by atoms with Crippen LogP contribution in [0.1, 0.15) is 134 Å². The maximum Gasteiger partial charge on any atom is 0.333 e. The van der Waals surface area contributed by atoms with Gasteiger partial charge >= 0.3 is 5.97 Å². The maximum atomic E-state index is 14.5. The van der Waals surface area contributed by atoms with E-state index >= 15 is 0 Å². The van der Waals surface area contributed by atoms with Crippen LogP contribution in [0.5, 0.6) is 23.0 Å². The fourth-order valence-electron chi connectivity index (χ4n) is 11.3. The summed E-state index contributed by atoms with van der Waals surface area (Å²) >= 11 is 0. The molecule has 5 heterocycles. The normalized spacial score (nSPS) is 21.3. The molecular formula is C65H82N14O17. The summed E-state index contributed by atoms with van der Waals surface area (Å²) in [6.45, 7) is 1.54. The number of hydrogen-bond acceptors (Lipinski definition) is 21. The minimum atomic E-state index is -0.846. The molecule has 514 valence electrons. The molecule has 1 saturated heterocycles. The number of phenolic OH excluding ortho intramolecular Hbond substituents is 4. The predicted octanol–water partition coefficient (Wildman–Crippen LogP) is -0.871. The Morgan fingerprint density at radius 2 is 0.698 bits per heavy atom. The number of amides is 11. The SMILES string of the molecule is O=C(CCCC(=O)ON1C(=O)CCC1=O)NCCCCC1CN2CCNC(=O)c3cccc(c3O)C(=O)NCCN(CCNC(=O)c3cccc(c3O)C(=O)N1)CCN1CCNC(=O)c3cccc(c3O)C(=O)NCCN(CCNC(=O)c3cccc(c3O)C(=O)NCC1)CC2. The highest BCUT2D eigenvalue weighted by Crippen LogP contribution is 2.27. The van der Waals surface area contributed by atoms with Crippen LogP contribution in [0.15, 0.2) is 72.8 Å². The Morgan fingerprint density at radius 1 is 0.396 bits per heavy atom. The quantitative estimate of drug-likeness (QED) is 0.0678. The van der Waals surface area contributed by atoms with Crippen LogP contribution in [0, 0.1) is 0 Å². The second-order valence-corrected chi connectivity index (χ2v) is 23.3. The molecule has 11 amide bonds. The number of imide groups is 1. The fourth-order valence-corrected chi connectivity index (χ4v) is 11.3. The first-order valence-electron chi connectivity index (χ1n) is 32.0. The van der Waals surface area contributed by atoms with E-state index in [1.165, 1.54) is 72.8 Å². The molecule has 9 rings (SSSR count). The number of para-hydroxylation sites is 4. The standard InChI is InChI=1S/C65H82N14O17/c80-50(17-7-18-53(83)96-79-51(81)19-20-52(79)82)66-21-2-1-8-41-40-78-35-28-73-63(93)47-14-5-13-46(56(47)86)60(90)69-24-31-76(32-25-72-64(94)48-15-6-16-49(57(48)87)65(95)74-41)37-36-75-29-22-67-58(88)42-9-3-11-44(54(42)84)61(91)70-26-33-77(38-39-78)34-27-71-62(92)45-12-4-10-43(55(45)85)59(89)68-23-30-75/h3-6,9-16,41,84-87H,1-2,7-8,17-40H2,(H,66,80)(H,67,88)(H,68,89)(H,69,90)(H,70,91)(H,71,92)(H,72,94)(H,73,93)(H,74,95). The first kappa shape index (κ1) is 71.6. The van der Waals surface area contributed by atoms with Crippen LogP contribution >= 0.6 is 0 Å². The summed E-state index contributed by atoms with van der Waals surface area (Å²) in [7, 11) is 0. The predicted molar refractivity (Wildman–Crippen MR) is 344 cm³/mol. The van der Waals surface area contributed by atoms with Crippen LogP contribution in [-0.4, -0.2) is 253 Å². The molecule has 4 aromatic rings. The van der Waals surface area contributed by atoms with Crippen LogP contribution < -0.4 is 47.9 Å². The van der Waals surface area contributed by atoms with Crippen molar-refractivity contribution < 1.29 is 82.8 Å². The molecule has 4 aromatic carbocycles. The van der Waals surface area contributed by atoms with Gasteiger partial charge in [-0.25, -0.2) is 4.79 Å². The van der Waals surface area contributed by atoms with Crippen LogP contribution in [0.2, 0.25) is 0 Å². The van der Waals surface area contributed by atoms with Crippen molar-refractivity contribution in [3.05, 3.63) is 117 Å². The third kappa shape index (κ3) is 20.1. The van der Waals surface area contributed by atoms with Crippen LogP contribution in [-0.2, 0) is 24.0 Å². The molecule has 0 aromatic heterocycles. The molecule has 31 nitrogen and oxygen atoms in total. The zero-order valence-corrected chi connectivity index (χ0v) is 53.1. The van der Waals surface area contributed by atoms with Crippen molar-refractivity contribution in [1.29, 1.82) is 0 Å². The molecule has 5 aliphatic rings. The van der Waals surface area contributed by atoms with E-state index < -0.39 is 100.0 Å². The third-order valence-corrected chi connectivity index (χ3v) is 16.7.